The maximum Gasteiger partial charge on any atom is 0.472 e. The fraction of sp³-hybridized carbons (Fsp3) is 0.674. The molecule has 0 aromatic rings. The van der Waals surface area contributed by atoms with E-state index < -0.39 is 57.9 Å². The quantitative estimate of drug-likeness (QED) is 0.0157. The number of aliphatic hydroxyl groups excluding tert-OH is 3. The number of carbonyl (C=O) groups excluding carboxylic acids is 2. The Bertz CT molecular complexity index is 1180. The minimum absolute atomic E-state index is 0.0979. The van der Waals surface area contributed by atoms with Crippen LogP contribution in [0.15, 0.2) is 72.9 Å². The molecular formula is C43H73O11P. The highest BCUT2D eigenvalue weighted by Gasteiger charge is 2.27. The highest BCUT2D eigenvalue weighted by atomic mass is 31.2. The van der Waals surface area contributed by atoms with Gasteiger partial charge in [-0.25, -0.2) is 4.57 Å². The third-order valence-electron chi connectivity index (χ3n) is 8.15. The van der Waals surface area contributed by atoms with E-state index in [9.17, 15) is 29.3 Å². The number of carbonyl (C=O) groups is 2. The number of hydrogen-bond acceptors (Lipinski definition) is 10. The van der Waals surface area contributed by atoms with Gasteiger partial charge in [0.05, 0.1) is 25.9 Å². The Morgan fingerprint density at radius 1 is 0.673 bits per heavy atom. The molecule has 0 amide bonds. The highest BCUT2D eigenvalue weighted by molar-refractivity contribution is 7.47. The minimum atomic E-state index is -4.64. The molecule has 0 saturated carbocycles. The number of aliphatic hydroxyl groups is 3. The Morgan fingerprint density at radius 2 is 1.25 bits per heavy atom. The standard InChI is InChI=1S/C43H73O11P/c1-4-5-24-30-39(45)31-26-21-17-13-9-7-6-8-10-14-18-22-27-32-42(47)51-36-41(37-53-55(49,50)52-35-40(46)34-44)54-43(48)33-28-23-19-15-11-12-16-20-25-29-38(2)3/h5,7-10,17-18,21-22,24,26,31,38-41,44-46H,4,6,11-16,19-20,23,25,27-30,32-37H2,1-3H3,(H,49,50)/b9-7-,10-8-,21-17+,22-18-,24-5-,31-26+/t39?,40-,41+/m0/s1. The molecule has 12 heteroatoms. The van der Waals surface area contributed by atoms with E-state index >= 15 is 0 Å². The molecule has 55 heavy (non-hydrogen) atoms. The number of esters is 2. The molecule has 0 aromatic heterocycles. The van der Waals surface area contributed by atoms with E-state index in [0.717, 1.165) is 50.9 Å². The summed E-state index contributed by atoms with van der Waals surface area (Å²) >= 11 is 0. The molecule has 2 unspecified atom stereocenters. The average Bonchev–Trinajstić information content (AvgIpc) is 3.15. The fourth-order valence-corrected chi connectivity index (χ4v) is 5.78. The lowest BCUT2D eigenvalue weighted by Gasteiger charge is -2.20. The molecule has 0 bridgehead atoms. The van der Waals surface area contributed by atoms with Crippen molar-refractivity contribution in [1.82, 2.24) is 0 Å². The smallest absolute Gasteiger partial charge is 0.462 e. The minimum Gasteiger partial charge on any atom is -0.462 e. The Balaban J connectivity index is 4.49. The molecule has 0 saturated heterocycles. The predicted molar refractivity (Wildman–Crippen MR) is 220 cm³/mol. The summed E-state index contributed by atoms with van der Waals surface area (Å²) in [5.41, 5.74) is 0. The zero-order valence-corrected chi connectivity index (χ0v) is 34.8. The Kier molecular flexibility index (Phi) is 35.2. The summed E-state index contributed by atoms with van der Waals surface area (Å²) < 4.78 is 32.5. The van der Waals surface area contributed by atoms with Gasteiger partial charge in [-0.1, -0.05) is 151 Å². The molecule has 0 aromatic carbocycles. The van der Waals surface area contributed by atoms with E-state index in [4.69, 9.17) is 19.1 Å². The van der Waals surface area contributed by atoms with Gasteiger partial charge < -0.3 is 29.7 Å². The SMILES string of the molecule is CC/C=C\CC(O)/C=C/C=C/C/C=C\C/C=C\C/C=C\CCC(=O)OC[C@H](COP(=O)(O)OC[C@@H](O)CO)OC(=O)CCCCCCCCCCCC(C)C. The third-order valence-corrected chi connectivity index (χ3v) is 9.10. The molecule has 0 aliphatic carbocycles. The largest absolute Gasteiger partial charge is 0.472 e. The Morgan fingerprint density at radius 3 is 1.87 bits per heavy atom. The molecule has 0 aliphatic heterocycles. The highest BCUT2D eigenvalue weighted by Crippen LogP contribution is 2.43. The van der Waals surface area contributed by atoms with E-state index in [0.29, 0.717) is 19.3 Å². The number of unbranched alkanes of at least 4 members (excludes halogenated alkanes) is 8. The van der Waals surface area contributed by atoms with Crippen molar-refractivity contribution < 1.29 is 52.9 Å². The summed E-state index contributed by atoms with van der Waals surface area (Å²) in [6.07, 6.45) is 36.6. The van der Waals surface area contributed by atoms with Crippen LogP contribution in [0.3, 0.4) is 0 Å². The summed E-state index contributed by atoms with van der Waals surface area (Å²) in [7, 11) is -4.64. The van der Waals surface area contributed by atoms with E-state index in [1.165, 1.54) is 38.5 Å². The fourth-order valence-electron chi connectivity index (χ4n) is 4.99. The van der Waals surface area contributed by atoms with Gasteiger partial charge >= 0.3 is 19.8 Å². The zero-order valence-electron chi connectivity index (χ0n) is 33.9. The molecular weight excluding hydrogens is 723 g/mol. The topological polar surface area (TPSA) is 169 Å². The van der Waals surface area contributed by atoms with Gasteiger partial charge in [-0.05, 0) is 50.9 Å². The second kappa shape index (κ2) is 37.0. The van der Waals surface area contributed by atoms with Gasteiger partial charge in [-0.15, -0.1) is 0 Å². The maximum atomic E-state index is 12.6. The number of phosphoric acid groups is 1. The summed E-state index contributed by atoms with van der Waals surface area (Å²) in [5, 5.41) is 28.1. The normalized spacial score (nSPS) is 15.3. The lowest BCUT2D eigenvalue weighted by molar-refractivity contribution is -0.161. The first-order chi connectivity index (χ1) is 26.5. The molecule has 316 valence electrons. The first kappa shape index (κ1) is 52.4. The van der Waals surface area contributed by atoms with Gasteiger partial charge in [0.1, 0.15) is 12.7 Å². The third kappa shape index (κ3) is 38.0. The number of allylic oxidation sites excluding steroid dienone is 10. The van der Waals surface area contributed by atoms with Crippen molar-refractivity contribution in [2.75, 3.05) is 26.4 Å². The van der Waals surface area contributed by atoms with Crippen LogP contribution in [-0.4, -0.2) is 76.9 Å². The molecule has 0 radical (unpaired) electrons. The van der Waals surface area contributed by atoms with Crippen molar-refractivity contribution >= 4 is 19.8 Å². The molecule has 4 N–H and O–H groups in total. The van der Waals surface area contributed by atoms with Gasteiger partial charge in [-0.2, -0.15) is 0 Å². The van der Waals surface area contributed by atoms with Crippen LogP contribution in [0.5, 0.6) is 0 Å². The van der Waals surface area contributed by atoms with Crippen molar-refractivity contribution in [3.05, 3.63) is 72.9 Å². The molecule has 0 heterocycles. The number of hydrogen-bond donors (Lipinski definition) is 4. The van der Waals surface area contributed by atoms with E-state index in [-0.39, 0.29) is 19.4 Å². The predicted octanol–water partition coefficient (Wildman–Crippen LogP) is 9.32. The van der Waals surface area contributed by atoms with Crippen molar-refractivity contribution in [2.45, 2.75) is 155 Å². The average molecular weight is 797 g/mol. The van der Waals surface area contributed by atoms with Crippen LogP contribution >= 0.6 is 7.82 Å². The van der Waals surface area contributed by atoms with Gasteiger partial charge in [0.15, 0.2) is 6.10 Å². The molecule has 0 spiro atoms. The van der Waals surface area contributed by atoms with Gasteiger partial charge in [0.25, 0.3) is 0 Å². The molecule has 0 fully saturated rings. The van der Waals surface area contributed by atoms with Crippen LogP contribution in [0.4, 0.5) is 0 Å². The Hall–Kier alpha value is -2.63. The summed E-state index contributed by atoms with van der Waals surface area (Å²) in [5.74, 6) is -0.290. The zero-order chi connectivity index (χ0) is 40.8. The van der Waals surface area contributed by atoms with Crippen LogP contribution in [-0.2, 0) is 32.7 Å². The summed E-state index contributed by atoms with van der Waals surface area (Å²) in [6, 6.07) is 0. The maximum absolute atomic E-state index is 12.6. The summed E-state index contributed by atoms with van der Waals surface area (Å²) in [6.45, 7) is 4.33. The van der Waals surface area contributed by atoms with E-state index in [1.807, 2.05) is 48.6 Å². The van der Waals surface area contributed by atoms with Crippen LogP contribution in [0.25, 0.3) is 0 Å². The monoisotopic (exact) mass is 796 g/mol. The molecule has 11 nitrogen and oxygen atoms in total. The second-order valence-electron chi connectivity index (χ2n) is 14.0. The van der Waals surface area contributed by atoms with Crippen LogP contribution in [0.2, 0.25) is 0 Å². The van der Waals surface area contributed by atoms with Crippen molar-refractivity contribution in [1.29, 1.82) is 0 Å². The van der Waals surface area contributed by atoms with Crippen LogP contribution < -0.4 is 0 Å². The van der Waals surface area contributed by atoms with Crippen molar-refractivity contribution in [2.24, 2.45) is 5.92 Å². The van der Waals surface area contributed by atoms with Gasteiger partial charge in [0, 0.05) is 12.8 Å². The Labute approximate surface area is 331 Å². The lowest BCUT2D eigenvalue weighted by Crippen LogP contribution is -2.29. The van der Waals surface area contributed by atoms with Crippen LogP contribution in [0, 0.1) is 5.92 Å². The second-order valence-corrected chi connectivity index (χ2v) is 15.4. The number of phosphoric ester groups is 1. The molecule has 0 aliphatic rings. The summed E-state index contributed by atoms with van der Waals surface area (Å²) in [4.78, 5) is 34.9. The number of ether oxygens (including phenoxy) is 2. The number of rotatable bonds is 36. The van der Waals surface area contributed by atoms with Crippen molar-refractivity contribution in [3.8, 4) is 0 Å². The lowest BCUT2D eigenvalue weighted by atomic mass is 10.0. The first-order valence-corrected chi connectivity index (χ1v) is 21.9. The van der Waals surface area contributed by atoms with Crippen LogP contribution in [0.1, 0.15) is 136 Å². The molecule has 4 atom stereocenters. The van der Waals surface area contributed by atoms with Gasteiger partial charge in [-0.3, -0.25) is 18.6 Å². The first-order valence-electron chi connectivity index (χ1n) is 20.4. The van der Waals surface area contributed by atoms with E-state index in [1.54, 1.807) is 6.08 Å². The van der Waals surface area contributed by atoms with E-state index in [2.05, 4.69) is 43.5 Å². The van der Waals surface area contributed by atoms with Gasteiger partial charge in [0.2, 0.25) is 0 Å². The van der Waals surface area contributed by atoms with Crippen molar-refractivity contribution in [3.63, 3.8) is 0 Å². The molecule has 0 rings (SSSR count).